The number of aliphatic hydroxyl groups excluding tert-OH is 2. The van der Waals surface area contributed by atoms with Crippen LogP contribution in [-0.4, -0.2) is 49.6 Å². The molecule has 0 aromatic rings. The maximum Gasteiger partial charge on any atom is 0.329 e. The molecule has 3 N–H and O–H groups in total. The van der Waals surface area contributed by atoms with Gasteiger partial charge in [-0.1, -0.05) is 6.58 Å². The van der Waals surface area contributed by atoms with Gasteiger partial charge in [-0.2, -0.15) is 0 Å². The molecule has 0 unspecified atom stereocenters. The fourth-order valence-electron chi connectivity index (χ4n) is 0.366. The Morgan fingerprint density at radius 3 is 2.08 bits per heavy atom. The van der Waals surface area contributed by atoms with E-state index in [1.165, 1.54) is 7.11 Å². The van der Waals surface area contributed by atoms with E-state index in [2.05, 4.69) is 16.6 Å². The topological polar surface area (TPSA) is 78.8 Å². The first-order valence-corrected chi connectivity index (χ1v) is 3.85. The van der Waals surface area contributed by atoms with Crippen molar-refractivity contribution >= 4 is 5.97 Å². The molecule has 0 aromatic carbocycles. The number of aliphatic hydroxyl groups is 2. The maximum atomic E-state index is 9.84. The maximum absolute atomic E-state index is 9.84. The van der Waals surface area contributed by atoms with Gasteiger partial charge in [0.05, 0.1) is 20.3 Å². The van der Waals surface area contributed by atoms with Crippen LogP contribution in [0.5, 0.6) is 0 Å². The smallest absolute Gasteiger partial charge is 0.329 e. The van der Waals surface area contributed by atoms with Crippen LogP contribution in [-0.2, 0) is 9.53 Å². The first kappa shape index (κ1) is 14.6. The predicted molar refractivity (Wildman–Crippen MR) is 49.3 cm³/mol. The summed E-state index contributed by atoms with van der Waals surface area (Å²) in [6.07, 6.45) is 1.11. The van der Waals surface area contributed by atoms with Gasteiger partial charge in [0.2, 0.25) is 0 Å². The number of ether oxygens (including phenoxy) is 1. The minimum atomic E-state index is -0.394. The summed E-state index contributed by atoms with van der Waals surface area (Å²) in [4.78, 5) is 9.84. The molecule has 0 heterocycles. The first-order chi connectivity index (χ1) is 6.22. The van der Waals surface area contributed by atoms with E-state index in [1.54, 1.807) is 0 Å². The number of carbonyl (C=O) groups is 1. The third-order valence-corrected chi connectivity index (χ3v) is 0.945. The van der Waals surface area contributed by atoms with Crippen LogP contribution in [0.2, 0.25) is 0 Å². The number of hydrogen-bond acceptors (Lipinski definition) is 5. The summed E-state index contributed by atoms with van der Waals surface area (Å²) >= 11 is 0. The molecule has 13 heavy (non-hydrogen) atoms. The van der Waals surface area contributed by atoms with E-state index in [1.807, 2.05) is 0 Å². The number of methoxy groups -OCH3 is 1. The molecule has 5 nitrogen and oxygen atoms in total. The molecule has 0 radical (unpaired) electrons. The third-order valence-electron chi connectivity index (χ3n) is 0.945. The van der Waals surface area contributed by atoms with Crippen molar-refractivity contribution in [3.63, 3.8) is 0 Å². The van der Waals surface area contributed by atoms with E-state index in [0.29, 0.717) is 13.1 Å². The first-order valence-electron chi connectivity index (χ1n) is 3.85. The van der Waals surface area contributed by atoms with Gasteiger partial charge >= 0.3 is 5.97 Å². The van der Waals surface area contributed by atoms with Crippen LogP contribution >= 0.6 is 0 Å². The summed E-state index contributed by atoms with van der Waals surface area (Å²) in [7, 11) is 1.31. The Morgan fingerprint density at radius 1 is 1.46 bits per heavy atom. The Morgan fingerprint density at radius 2 is 1.92 bits per heavy atom. The molecule has 0 rings (SSSR count). The molecule has 0 aromatic heterocycles. The van der Waals surface area contributed by atoms with E-state index in [9.17, 15) is 4.79 Å². The van der Waals surface area contributed by atoms with Gasteiger partial charge in [0.25, 0.3) is 0 Å². The molecule has 0 aliphatic rings. The zero-order valence-corrected chi connectivity index (χ0v) is 7.82. The van der Waals surface area contributed by atoms with E-state index >= 15 is 0 Å². The fraction of sp³-hybridized carbons (Fsp3) is 0.625. The number of esters is 1. The Labute approximate surface area is 78.0 Å². The molecular weight excluding hydrogens is 174 g/mol. The lowest BCUT2D eigenvalue weighted by Crippen LogP contribution is -2.21. The van der Waals surface area contributed by atoms with Gasteiger partial charge in [-0.05, 0) is 0 Å². The quantitative estimate of drug-likeness (QED) is 0.292. The highest BCUT2D eigenvalue weighted by Gasteiger charge is 1.82. The van der Waals surface area contributed by atoms with E-state index in [0.717, 1.165) is 6.08 Å². The highest BCUT2D eigenvalue weighted by Crippen LogP contribution is 1.67. The van der Waals surface area contributed by atoms with Gasteiger partial charge in [-0.15, -0.1) is 0 Å². The number of rotatable bonds is 5. The number of carbonyl (C=O) groups excluding carboxylic acids is 1. The second-order valence-electron chi connectivity index (χ2n) is 1.92. The van der Waals surface area contributed by atoms with Crippen molar-refractivity contribution in [2.75, 3.05) is 33.4 Å². The molecule has 0 amide bonds. The van der Waals surface area contributed by atoms with Crippen molar-refractivity contribution in [3.05, 3.63) is 12.7 Å². The average Bonchev–Trinajstić information content (AvgIpc) is 2.18. The SMILES string of the molecule is C=CC(=O)OC.OCCNCCO. The van der Waals surface area contributed by atoms with Gasteiger partial charge < -0.3 is 20.3 Å². The lowest BCUT2D eigenvalue weighted by atomic mass is 10.6. The molecule has 0 spiro atoms. The van der Waals surface area contributed by atoms with E-state index in [4.69, 9.17) is 10.2 Å². The fourth-order valence-corrected chi connectivity index (χ4v) is 0.366. The van der Waals surface area contributed by atoms with Crippen LogP contribution < -0.4 is 5.32 Å². The second kappa shape index (κ2) is 13.7. The standard InChI is InChI=1S/C4H11NO2.C4H6O2/c6-3-1-5-2-4-7;1-3-4(5)6-2/h5-7H,1-4H2;3H,1H2,2H3. The van der Waals surface area contributed by atoms with Gasteiger partial charge in [-0.25, -0.2) is 4.79 Å². The molecule has 0 saturated carbocycles. The molecule has 5 heteroatoms. The molecule has 0 atom stereocenters. The van der Waals surface area contributed by atoms with Crippen molar-refractivity contribution in [2.24, 2.45) is 0 Å². The molecular formula is C8H17NO4. The molecule has 0 bridgehead atoms. The van der Waals surface area contributed by atoms with E-state index < -0.39 is 5.97 Å². The summed E-state index contributed by atoms with van der Waals surface area (Å²) in [6, 6.07) is 0. The molecule has 0 aliphatic heterocycles. The number of nitrogens with one attached hydrogen (secondary N) is 1. The monoisotopic (exact) mass is 191 g/mol. The largest absolute Gasteiger partial charge is 0.466 e. The van der Waals surface area contributed by atoms with Gasteiger partial charge in [0.1, 0.15) is 0 Å². The van der Waals surface area contributed by atoms with Crippen LogP contribution in [0.4, 0.5) is 0 Å². The zero-order valence-electron chi connectivity index (χ0n) is 7.82. The van der Waals surface area contributed by atoms with Crippen LogP contribution in [0.3, 0.4) is 0 Å². The minimum absolute atomic E-state index is 0.139. The van der Waals surface area contributed by atoms with Crippen molar-refractivity contribution < 1.29 is 19.7 Å². The predicted octanol–water partition coefficient (Wildman–Crippen LogP) is -1.09. The Bertz CT molecular complexity index is 123. The van der Waals surface area contributed by atoms with Gasteiger partial charge in [0, 0.05) is 19.2 Å². The lowest BCUT2D eigenvalue weighted by molar-refractivity contribution is -0.134. The van der Waals surface area contributed by atoms with Crippen molar-refractivity contribution in [1.82, 2.24) is 5.32 Å². The molecule has 78 valence electrons. The van der Waals surface area contributed by atoms with E-state index in [-0.39, 0.29) is 13.2 Å². The van der Waals surface area contributed by atoms with Gasteiger partial charge in [0.15, 0.2) is 0 Å². The minimum Gasteiger partial charge on any atom is -0.466 e. The zero-order chi connectivity index (χ0) is 10.5. The van der Waals surface area contributed by atoms with Crippen molar-refractivity contribution in [2.45, 2.75) is 0 Å². The highest BCUT2D eigenvalue weighted by atomic mass is 16.5. The lowest BCUT2D eigenvalue weighted by Gasteiger charge is -1.94. The Balaban J connectivity index is 0. The van der Waals surface area contributed by atoms with Crippen LogP contribution in [0.15, 0.2) is 12.7 Å². The highest BCUT2D eigenvalue weighted by molar-refractivity contribution is 5.80. The summed E-state index contributed by atoms with van der Waals surface area (Å²) in [6.45, 7) is 4.57. The summed E-state index contributed by atoms with van der Waals surface area (Å²) < 4.78 is 4.14. The summed E-state index contributed by atoms with van der Waals surface area (Å²) in [5.41, 5.74) is 0. The Hall–Kier alpha value is -0.910. The van der Waals surface area contributed by atoms with Gasteiger partial charge in [-0.3, -0.25) is 0 Å². The van der Waals surface area contributed by atoms with Crippen molar-refractivity contribution in [3.8, 4) is 0 Å². The normalized spacial score (nSPS) is 8.23. The molecule has 0 fully saturated rings. The van der Waals surface area contributed by atoms with Crippen LogP contribution in [0.25, 0.3) is 0 Å². The van der Waals surface area contributed by atoms with Crippen molar-refractivity contribution in [1.29, 1.82) is 0 Å². The van der Waals surface area contributed by atoms with Crippen LogP contribution in [0.1, 0.15) is 0 Å². The average molecular weight is 191 g/mol. The third kappa shape index (κ3) is 18.2. The molecule has 0 aliphatic carbocycles. The second-order valence-corrected chi connectivity index (χ2v) is 1.92. The summed E-state index contributed by atoms with van der Waals surface area (Å²) in [5, 5.41) is 19.1. The Kier molecular flexibility index (Phi) is 15.4. The summed E-state index contributed by atoms with van der Waals surface area (Å²) in [5.74, 6) is -0.394. The molecule has 0 saturated heterocycles. The number of hydrogen-bond donors (Lipinski definition) is 3. The van der Waals surface area contributed by atoms with Crippen LogP contribution in [0, 0.1) is 0 Å².